The van der Waals surface area contributed by atoms with Gasteiger partial charge in [0.15, 0.2) is 10.0 Å². The number of piperazine rings is 1. The number of benzene rings is 2. The third-order valence-electron chi connectivity index (χ3n) is 5.08. The molecule has 1 saturated heterocycles. The molecule has 1 fully saturated rings. The molecule has 0 saturated carbocycles. The first kappa shape index (κ1) is 21.7. The second kappa shape index (κ2) is 8.89. The van der Waals surface area contributed by atoms with Crippen LogP contribution in [-0.4, -0.2) is 51.0 Å². The molecule has 4 rings (SSSR count). The predicted molar refractivity (Wildman–Crippen MR) is 115 cm³/mol. The van der Waals surface area contributed by atoms with Crippen molar-refractivity contribution in [3.05, 3.63) is 70.7 Å². The maximum absolute atomic E-state index is 14.0. The maximum Gasteiger partial charge on any atom is 0.249 e. The van der Waals surface area contributed by atoms with Crippen LogP contribution in [0.5, 0.6) is 5.75 Å². The number of nitrogens with zero attached hydrogens (tertiary/aromatic N) is 3. The van der Waals surface area contributed by atoms with Crippen molar-refractivity contribution in [3.63, 3.8) is 0 Å². The van der Waals surface area contributed by atoms with Crippen LogP contribution in [0.2, 0.25) is 0 Å². The predicted octanol–water partition coefficient (Wildman–Crippen LogP) is 3.53. The zero-order chi connectivity index (χ0) is 22.0. The Hall–Kier alpha value is -2.56. The number of anilines is 1. The molecule has 0 atom stereocenters. The summed E-state index contributed by atoms with van der Waals surface area (Å²) in [6.07, 6.45) is 0.661. The van der Waals surface area contributed by atoms with Gasteiger partial charge in [-0.05, 0) is 29.8 Å². The van der Waals surface area contributed by atoms with Crippen molar-refractivity contribution in [2.24, 2.45) is 0 Å². The van der Waals surface area contributed by atoms with Gasteiger partial charge in [-0.15, -0.1) is 11.3 Å². The Balaban J connectivity index is 1.42. The molecule has 2 heterocycles. The molecule has 1 aromatic heterocycles. The normalized spacial score (nSPS) is 15.3. The van der Waals surface area contributed by atoms with Crippen LogP contribution in [0.1, 0.15) is 11.3 Å². The largest absolute Gasteiger partial charge is 0.497 e. The molecule has 0 bridgehead atoms. The van der Waals surface area contributed by atoms with Crippen LogP contribution in [0.3, 0.4) is 0 Å². The molecule has 0 unspecified atom stereocenters. The first-order valence-corrected chi connectivity index (χ1v) is 12.0. The van der Waals surface area contributed by atoms with Crippen molar-refractivity contribution in [2.75, 3.05) is 38.2 Å². The molecule has 10 heteroatoms. The SMILES string of the molecule is COc1cccc(Cc2csc(N3CCN(S(=O)(=O)c4c(F)cccc4F)CC3)n2)c1. The zero-order valence-electron chi connectivity index (χ0n) is 16.8. The number of sulfonamides is 1. The minimum atomic E-state index is -4.24. The summed E-state index contributed by atoms with van der Waals surface area (Å²) in [5.74, 6) is -1.37. The quantitative estimate of drug-likeness (QED) is 0.557. The van der Waals surface area contributed by atoms with Crippen LogP contribution in [-0.2, 0) is 16.4 Å². The zero-order valence-corrected chi connectivity index (χ0v) is 18.4. The number of hydrogen-bond acceptors (Lipinski definition) is 6. The van der Waals surface area contributed by atoms with Gasteiger partial charge in [-0.25, -0.2) is 22.2 Å². The number of methoxy groups -OCH3 is 1. The van der Waals surface area contributed by atoms with Crippen molar-refractivity contribution in [2.45, 2.75) is 11.3 Å². The first-order valence-electron chi connectivity index (χ1n) is 9.65. The van der Waals surface area contributed by atoms with Crippen molar-refractivity contribution in [1.29, 1.82) is 0 Å². The van der Waals surface area contributed by atoms with E-state index in [2.05, 4.69) is 4.98 Å². The van der Waals surface area contributed by atoms with Crippen LogP contribution in [0.25, 0.3) is 0 Å². The number of thiazole rings is 1. The van der Waals surface area contributed by atoms with Crippen molar-refractivity contribution < 1.29 is 21.9 Å². The van der Waals surface area contributed by atoms with E-state index in [1.807, 2.05) is 34.5 Å². The van der Waals surface area contributed by atoms with Gasteiger partial charge in [0.25, 0.3) is 0 Å². The highest BCUT2D eigenvalue weighted by atomic mass is 32.2. The molecular formula is C21H21F2N3O3S2. The van der Waals surface area contributed by atoms with Crippen LogP contribution < -0.4 is 9.64 Å². The molecule has 164 valence electrons. The lowest BCUT2D eigenvalue weighted by Gasteiger charge is -2.33. The summed E-state index contributed by atoms with van der Waals surface area (Å²) in [5, 5.41) is 2.78. The Bertz CT molecular complexity index is 1160. The van der Waals surface area contributed by atoms with E-state index >= 15 is 0 Å². The Morgan fingerprint density at radius 2 is 1.74 bits per heavy atom. The average Bonchev–Trinajstić information content (AvgIpc) is 3.22. The van der Waals surface area contributed by atoms with Gasteiger partial charge in [0.1, 0.15) is 17.4 Å². The molecule has 3 aromatic rings. The molecule has 1 aliphatic heterocycles. The van der Waals surface area contributed by atoms with Gasteiger partial charge < -0.3 is 9.64 Å². The number of hydrogen-bond donors (Lipinski definition) is 0. The fourth-order valence-corrected chi connectivity index (χ4v) is 5.90. The van der Waals surface area contributed by atoms with Crippen LogP contribution in [0.15, 0.2) is 52.7 Å². The summed E-state index contributed by atoms with van der Waals surface area (Å²) < 4.78 is 59.8. The topological polar surface area (TPSA) is 62.7 Å². The molecular weight excluding hydrogens is 444 g/mol. The smallest absolute Gasteiger partial charge is 0.249 e. The van der Waals surface area contributed by atoms with E-state index in [9.17, 15) is 17.2 Å². The van der Waals surface area contributed by atoms with Gasteiger partial charge in [-0.2, -0.15) is 4.31 Å². The van der Waals surface area contributed by atoms with E-state index in [0.29, 0.717) is 19.5 Å². The highest BCUT2D eigenvalue weighted by Crippen LogP contribution is 2.27. The van der Waals surface area contributed by atoms with Crippen LogP contribution in [0, 0.1) is 11.6 Å². The van der Waals surface area contributed by atoms with Crippen LogP contribution in [0.4, 0.5) is 13.9 Å². The highest BCUT2D eigenvalue weighted by Gasteiger charge is 2.33. The van der Waals surface area contributed by atoms with Gasteiger partial charge in [0, 0.05) is 38.0 Å². The second-order valence-electron chi connectivity index (χ2n) is 7.09. The molecule has 0 radical (unpaired) electrons. The van der Waals surface area contributed by atoms with Gasteiger partial charge in [0.05, 0.1) is 12.8 Å². The van der Waals surface area contributed by atoms with Crippen molar-refractivity contribution in [1.82, 2.24) is 9.29 Å². The number of halogens is 2. The molecule has 0 spiro atoms. The molecule has 0 aliphatic carbocycles. The first-order chi connectivity index (χ1) is 14.9. The number of rotatable bonds is 6. The maximum atomic E-state index is 14.0. The van der Waals surface area contributed by atoms with Crippen LogP contribution >= 0.6 is 11.3 Å². The lowest BCUT2D eigenvalue weighted by Crippen LogP contribution is -2.49. The van der Waals surface area contributed by atoms with Crippen molar-refractivity contribution >= 4 is 26.5 Å². The molecule has 6 nitrogen and oxygen atoms in total. The fraction of sp³-hybridized carbons (Fsp3) is 0.286. The fourth-order valence-electron chi connectivity index (χ4n) is 3.49. The monoisotopic (exact) mass is 465 g/mol. The third kappa shape index (κ3) is 4.56. The van der Waals surface area contributed by atoms with Gasteiger partial charge >= 0.3 is 0 Å². The van der Waals surface area contributed by atoms with Crippen molar-refractivity contribution in [3.8, 4) is 5.75 Å². The van der Waals surface area contributed by atoms with E-state index in [-0.39, 0.29) is 13.1 Å². The number of ether oxygens (including phenoxy) is 1. The lowest BCUT2D eigenvalue weighted by molar-refractivity contribution is 0.378. The highest BCUT2D eigenvalue weighted by molar-refractivity contribution is 7.89. The molecule has 2 aromatic carbocycles. The van der Waals surface area contributed by atoms with Gasteiger partial charge in [-0.3, -0.25) is 0 Å². The summed E-state index contributed by atoms with van der Waals surface area (Å²) >= 11 is 1.49. The Morgan fingerprint density at radius 3 is 2.42 bits per heavy atom. The Kier molecular flexibility index (Phi) is 6.22. The minimum absolute atomic E-state index is 0.126. The van der Waals surface area contributed by atoms with E-state index in [1.54, 1.807) is 7.11 Å². The molecule has 1 aliphatic rings. The molecule has 31 heavy (non-hydrogen) atoms. The third-order valence-corrected chi connectivity index (χ3v) is 7.99. The summed E-state index contributed by atoms with van der Waals surface area (Å²) in [6.45, 7) is 1.03. The van der Waals surface area contributed by atoms with E-state index < -0.39 is 26.6 Å². The average molecular weight is 466 g/mol. The second-order valence-corrected chi connectivity index (χ2v) is 9.80. The van der Waals surface area contributed by atoms with E-state index in [4.69, 9.17) is 4.74 Å². The summed E-state index contributed by atoms with van der Waals surface area (Å²) in [7, 11) is -2.62. The minimum Gasteiger partial charge on any atom is -0.497 e. The molecule has 0 amide bonds. The van der Waals surface area contributed by atoms with E-state index in [1.165, 1.54) is 11.3 Å². The Morgan fingerprint density at radius 1 is 1.06 bits per heavy atom. The molecule has 0 N–H and O–H groups in total. The van der Waals surface area contributed by atoms with Gasteiger partial charge in [-0.1, -0.05) is 18.2 Å². The summed E-state index contributed by atoms with van der Waals surface area (Å²) in [6, 6.07) is 10.8. The number of aromatic nitrogens is 1. The summed E-state index contributed by atoms with van der Waals surface area (Å²) in [5.41, 5.74) is 2.00. The van der Waals surface area contributed by atoms with Gasteiger partial charge in [0.2, 0.25) is 10.0 Å². The van der Waals surface area contributed by atoms with E-state index in [0.717, 1.165) is 44.6 Å². The Labute approximate surface area is 183 Å². The standard InChI is InChI=1S/C21H21F2N3O3S2/c1-29-17-5-2-4-15(13-17)12-16-14-30-21(24-16)25-8-10-26(11-9-25)31(27,28)20-18(22)6-3-7-19(20)23/h2-7,13-14H,8-12H2,1H3. The summed E-state index contributed by atoms with van der Waals surface area (Å²) in [4.78, 5) is 5.77. The lowest BCUT2D eigenvalue weighted by atomic mass is 10.1.